The SMILES string of the molecule is O=C(NCc1ccc([N+](=O)[O-])cc1)c1ccc(-c2cccs2)[nH]c1=O. The average Bonchev–Trinajstić information content (AvgIpc) is 3.14. The molecule has 0 aliphatic heterocycles. The van der Waals surface area contributed by atoms with E-state index >= 15 is 0 Å². The molecule has 0 spiro atoms. The summed E-state index contributed by atoms with van der Waals surface area (Å²) in [4.78, 5) is 38.0. The molecule has 0 bridgehead atoms. The minimum atomic E-state index is -0.502. The number of H-pyrrole nitrogens is 1. The van der Waals surface area contributed by atoms with Crippen molar-refractivity contribution >= 4 is 22.9 Å². The van der Waals surface area contributed by atoms with E-state index in [0.717, 1.165) is 4.88 Å². The van der Waals surface area contributed by atoms with Gasteiger partial charge in [0.1, 0.15) is 5.56 Å². The number of pyridine rings is 1. The number of nitro benzene ring substituents is 1. The zero-order valence-corrected chi connectivity index (χ0v) is 13.7. The van der Waals surface area contributed by atoms with Gasteiger partial charge in [-0.2, -0.15) is 0 Å². The fourth-order valence-corrected chi connectivity index (χ4v) is 2.95. The average molecular weight is 355 g/mol. The van der Waals surface area contributed by atoms with Crippen LogP contribution in [0.4, 0.5) is 5.69 Å². The first-order valence-electron chi connectivity index (χ1n) is 7.33. The van der Waals surface area contributed by atoms with E-state index in [-0.39, 0.29) is 17.8 Å². The number of amides is 1. The lowest BCUT2D eigenvalue weighted by molar-refractivity contribution is -0.384. The molecule has 8 heteroatoms. The molecule has 3 rings (SSSR count). The van der Waals surface area contributed by atoms with Gasteiger partial charge in [0.15, 0.2) is 0 Å². The zero-order valence-electron chi connectivity index (χ0n) is 12.9. The number of hydrogen-bond acceptors (Lipinski definition) is 5. The lowest BCUT2D eigenvalue weighted by atomic mass is 10.2. The third-order valence-corrected chi connectivity index (χ3v) is 4.44. The molecule has 7 nitrogen and oxygen atoms in total. The highest BCUT2D eigenvalue weighted by Crippen LogP contribution is 2.21. The number of benzene rings is 1. The maximum Gasteiger partial charge on any atom is 0.269 e. The molecule has 0 atom stereocenters. The first kappa shape index (κ1) is 16.6. The number of hydrogen-bond donors (Lipinski definition) is 2. The minimum Gasteiger partial charge on any atom is -0.348 e. The van der Waals surface area contributed by atoms with Crippen molar-refractivity contribution in [2.75, 3.05) is 0 Å². The molecule has 2 N–H and O–H groups in total. The standard InChI is InChI=1S/C17H13N3O4S/c21-16(18-10-11-3-5-12(6-4-11)20(23)24)13-7-8-14(19-17(13)22)15-2-1-9-25-15/h1-9H,10H2,(H,18,21)(H,19,22). The van der Waals surface area contributed by atoms with Crippen LogP contribution in [0.2, 0.25) is 0 Å². The van der Waals surface area contributed by atoms with Crippen LogP contribution in [-0.2, 0) is 6.54 Å². The van der Waals surface area contributed by atoms with Crippen LogP contribution in [0.1, 0.15) is 15.9 Å². The van der Waals surface area contributed by atoms with Crippen molar-refractivity contribution in [2.24, 2.45) is 0 Å². The van der Waals surface area contributed by atoms with Gasteiger partial charge in [-0.1, -0.05) is 18.2 Å². The van der Waals surface area contributed by atoms with Gasteiger partial charge in [-0.3, -0.25) is 19.7 Å². The Morgan fingerprint density at radius 2 is 1.92 bits per heavy atom. The second-order valence-corrected chi connectivity index (χ2v) is 6.15. The number of non-ortho nitro benzene ring substituents is 1. The maximum absolute atomic E-state index is 12.2. The van der Waals surface area contributed by atoms with Crippen LogP contribution in [0.15, 0.2) is 58.7 Å². The van der Waals surface area contributed by atoms with Gasteiger partial charge in [-0.25, -0.2) is 0 Å². The second kappa shape index (κ2) is 7.10. The van der Waals surface area contributed by atoms with E-state index in [1.54, 1.807) is 18.2 Å². The molecule has 1 aromatic carbocycles. The molecule has 1 amide bonds. The topological polar surface area (TPSA) is 105 Å². The molecular formula is C17H13N3O4S. The molecule has 0 aliphatic rings. The summed E-state index contributed by atoms with van der Waals surface area (Å²) < 4.78 is 0. The highest BCUT2D eigenvalue weighted by molar-refractivity contribution is 7.13. The fourth-order valence-electron chi connectivity index (χ4n) is 2.24. The van der Waals surface area contributed by atoms with E-state index in [9.17, 15) is 19.7 Å². The van der Waals surface area contributed by atoms with E-state index in [1.807, 2.05) is 17.5 Å². The number of nitro groups is 1. The van der Waals surface area contributed by atoms with Crippen LogP contribution in [0.3, 0.4) is 0 Å². The summed E-state index contributed by atoms with van der Waals surface area (Å²) in [5, 5.41) is 15.1. The van der Waals surface area contributed by atoms with E-state index in [0.29, 0.717) is 11.3 Å². The molecule has 0 radical (unpaired) electrons. The Morgan fingerprint density at radius 1 is 1.16 bits per heavy atom. The normalized spacial score (nSPS) is 10.4. The van der Waals surface area contributed by atoms with Gasteiger partial charge in [0, 0.05) is 18.7 Å². The van der Waals surface area contributed by atoms with Gasteiger partial charge >= 0.3 is 0 Å². The van der Waals surface area contributed by atoms with Crippen LogP contribution in [0, 0.1) is 10.1 Å². The third-order valence-electron chi connectivity index (χ3n) is 3.54. The van der Waals surface area contributed by atoms with E-state index in [2.05, 4.69) is 10.3 Å². The molecule has 0 saturated carbocycles. The van der Waals surface area contributed by atoms with Gasteiger partial charge in [0.25, 0.3) is 17.2 Å². The van der Waals surface area contributed by atoms with Crippen molar-refractivity contribution < 1.29 is 9.72 Å². The molecule has 3 aromatic rings. The number of carbonyl (C=O) groups is 1. The Labute approximate surface area is 146 Å². The second-order valence-electron chi connectivity index (χ2n) is 5.20. The van der Waals surface area contributed by atoms with E-state index < -0.39 is 16.4 Å². The number of aromatic amines is 1. The summed E-state index contributed by atoms with van der Waals surface area (Å²) in [5.74, 6) is -0.502. The van der Waals surface area contributed by atoms with Gasteiger partial charge in [0.05, 0.1) is 15.5 Å². The number of thiophene rings is 1. The Morgan fingerprint density at radius 3 is 2.52 bits per heavy atom. The van der Waals surface area contributed by atoms with Crippen molar-refractivity contribution in [3.63, 3.8) is 0 Å². The molecule has 126 valence electrons. The van der Waals surface area contributed by atoms with Crippen LogP contribution < -0.4 is 10.9 Å². The Kier molecular flexibility index (Phi) is 4.71. The summed E-state index contributed by atoms with van der Waals surface area (Å²) in [7, 11) is 0. The lowest BCUT2D eigenvalue weighted by Gasteiger charge is -2.06. The molecule has 2 heterocycles. The minimum absolute atomic E-state index is 0.0159. The Hall–Kier alpha value is -3.26. The van der Waals surface area contributed by atoms with Crippen LogP contribution in [0.5, 0.6) is 0 Å². The van der Waals surface area contributed by atoms with Gasteiger partial charge in [-0.05, 0) is 29.1 Å². The zero-order chi connectivity index (χ0) is 17.8. The van der Waals surface area contributed by atoms with Crippen LogP contribution in [-0.4, -0.2) is 15.8 Å². The molecule has 0 saturated heterocycles. The van der Waals surface area contributed by atoms with Crippen molar-refractivity contribution in [3.05, 3.63) is 85.5 Å². The largest absolute Gasteiger partial charge is 0.348 e. The highest BCUT2D eigenvalue weighted by atomic mass is 32.1. The quantitative estimate of drug-likeness (QED) is 0.542. The maximum atomic E-state index is 12.2. The van der Waals surface area contributed by atoms with Crippen molar-refractivity contribution in [1.82, 2.24) is 10.3 Å². The summed E-state index contributed by atoms with van der Waals surface area (Å²) >= 11 is 1.49. The molecular weight excluding hydrogens is 342 g/mol. The number of rotatable bonds is 5. The summed E-state index contributed by atoms with van der Waals surface area (Å²) in [6.45, 7) is 0.170. The Balaban J connectivity index is 1.69. The van der Waals surface area contributed by atoms with Crippen LogP contribution >= 0.6 is 11.3 Å². The summed E-state index contributed by atoms with van der Waals surface area (Å²) in [5.41, 5.74) is 0.891. The Bertz CT molecular complexity index is 962. The predicted octanol–water partition coefficient (Wildman–Crippen LogP) is 2.94. The van der Waals surface area contributed by atoms with Crippen molar-refractivity contribution in [3.8, 4) is 10.6 Å². The van der Waals surface area contributed by atoms with Crippen molar-refractivity contribution in [1.29, 1.82) is 0 Å². The first-order valence-corrected chi connectivity index (χ1v) is 8.21. The number of aromatic nitrogens is 1. The van der Waals surface area contributed by atoms with Gasteiger partial charge in [-0.15, -0.1) is 11.3 Å². The summed E-state index contributed by atoms with van der Waals surface area (Å²) in [6, 6.07) is 12.8. The molecule has 0 aliphatic carbocycles. The first-order chi connectivity index (χ1) is 12.0. The predicted molar refractivity (Wildman–Crippen MR) is 94.6 cm³/mol. The molecule has 25 heavy (non-hydrogen) atoms. The molecule has 0 fully saturated rings. The van der Waals surface area contributed by atoms with Crippen molar-refractivity contribution in [2.45, 2.75) is 6.54 Å². The number of nitrogens with zero attached hydrogens (tertiary/aromatic N) is 1. The van der Waals surface area contributed by atoms with E-state index in [4.69, 9.17) is 0 Å². The smallest absolute Gasteiger partial charge is 0.269 e. The molecule has 2 aromatic heterocycles. The highest BCUT2D eigenvalue weighted by Gasteiger charge is 2.12. The van der Waals surface area contributed by atoms with Gasteiger partial charge in [0.2, 0.25) is 0 Å². The number of carbonyl (C=O) groups excluding carboxylic acids is 1. The van der Waals surface area contributed by atoms with Gasteiger partial charge < -0.3 is 10.3 Å². The van der Waals surface area contributed by atoms with Crippen LogP contribution in [0.25, 0.3) is 10.6 Å². The molecule has 0 unspecified atom stereocenters. The van der Waals surface area contributed by atoms with E-state index in [1.165, 1.54) is 29.5 Å². The lowest BCUT2D eigenvalue weighted by Crippen LogP contribution is -2.29. The summed E-state index contributed by atoms with van der Waals surface area (Å²) in [6.07, 6.45) is 0. The number of nitrogens with one attached hydrogen (secondary N) is 2. The fraction of sp³-hybridized carbons (Fsp3) is 0.0588. The monoisotopic (exact) mass is 355 g/mol. The third kappa shape index (κ3) is 3.81.